The maximum atomic E-state index is 11.7. The predicted molar refractivity (Wildman–Crippen MR) is 91.4 cm³/mol. The fourth-order valence-electron chi connectivity index (χ4n) is 1.94. The van der Waals surface area contributed by atoms with Gasteiger partial charge in [0.25, 0.3) is 5.91 Å². The lowest BCUT2D eigenvalue weighted by Gasteiger charge is -2.08. The molecule has 0 saturated carbocycles. The zero-order chi connectivity index (χ0) is 15.9. The number of nitrogens with zero attached hydrogens (tertiary/aromatic N) is 1. The molecule has 1 N–H and O–H groups in total. The number of hydrogen-bond acceptors (Lipinski definition) is 5. The molecule has 0 spiro atoms. The first-order valence-electron chi connectivity index (χ1n) is 7.22. The summed E-state index contributed by atoms with van der Waals surface area (Å²) >= 11 is 1.54. The molecule has 2 aromatic rings. The monoisotopic (exact) mass is 328 g/mol. The summed E-state index contributed by atoms with van der Waals surface area (Å²) in [7, 11) is 0. The van der Waals surface area contributed by atoms with Gasteiger partial charge in [0.1, 0.15) is 17.2 Å². The summed E-state index contributed by atoms with van der Waals surface area (Å²) < 4.78 is 11.1. The van der Waals surface area contributed by atoms with E-state index >= 15 is 0 Å². The van der Waals surface area contributed by atoms with E-state index in [-0.39, 0.29) is 12.5 Å². The van der Waals surface area contributed by atoms with E-state index in [1.807, 2.05) is 30.3 Å². The van der Waals surface area contributed by atoms with Crippen LogP contribution in [0.1, 0.15) is 0 Å². The summed E-state index contributed by atoms with van der Waals surface area (Å²) in [4.78, 5) is 15.9. The molecule has 1 heterocycles. The molecule has 23 heavy (non-hydrogen) atoms. The second-order valence-electron chi connectivity index (χ2n) is 4.76. The number of carbonyl (C=O) groups excluding carboxylic acids is 1. The van der Waals surface area contributed by atoms with Gasteiger partial charge in [-0.2, -0.15) is 0 Å². The molecule has 5 nitrogen and oxygen atoms in total. The Bertz CT molecular complexity index is 687. The summed E-state index contributed by atoms with van der Waals surface area (Å²) in [5.41, 5.74) is 0. The van der Waals surface area contributed by atoms with Crippen LogP contribution in [0.2, 0.25) is 0 Å². The van der Waals surface area contributed by atoms with Gasteiger partial charge >= 0.3 is 0 Å². The first kappa shape index (κ1) is 15.4. The van der Waals surface area contributed by atoms with Gasteiger partial charge in [0, 0.05) is 5.75 Å². The first-order valence-corrected chi connectivity index (χ1v) is 8.21. The Kier molecular flexibility index (Phi) is 5.16. The number of carbonyl (C=O) groups is 1. The third-order valence-electron chi connectivity index (χ3n) is 3.00. The molecular weight excluding hydrogens is 312 g/mol. The molecular formula is C17H16N2O3S. The Morgan fingerprint density at radius 2 is 1.74 bits per heavy atom. The number of nitrogens with one attached hydrogen (secondary N) is 1. The highest BCUT2D eigenvalue weighted by Crippen LogP contribution is 2.23. The fraction of sp³-hybridized carbons (Fsp3) is 0.176. The Morgan fingerprint density at radius 3 is 2.43 bits per heavy atom. The predicted octanol–water partition coefficient (Wildman–Crippen LogP) is 3.08. The molecule has 118 valence electrons. The normalized spacial score (nSPS) is 13.3. The van der Waals surface area contributed by atoms with Crippen LogP contribution in [0.4, 0.5) is 0 Å². The van der Waals surface area contributed by atoms with Crippen LogP contribution < -0.4 is 14.8 Å². The van der Waals surface area contributed by atoms with Crippen LogP contribution in [0, 0.1) is 0 Å². The standard InChI is InChI=1S/C17H16N2O3S/c20-16(19-17-18-10-11-23-17)12-21-13-6-8-15(9-7-13)22-14-4-2-1-3-5-14/h1-9H,10-12H2,(H,18,19,20). The van der Waals surface area contributed by atoms with Crippen LogP contribution in [0.3, 0.4) is 0 Å². The topological polar surface area (TPSA) is 59.9 Å². The SMILES string of the molecule is O=C(COc1ccc(Oc2ccccc2)cc1)NC1=NCCS1. The lowest BCUT2D eigenvalue weighted by Crippen LogP contribution is -2.31. The number of rotatable bonds is 5. The zero-order valence-corrected chi connectivity index (χ0v) is 13.2. The van der Waals surface area contributed by atoms with Gasteiger partial charge in [0.15, 0.2) is 11.8 Å². The summed E-state index contributed by atoms with van der Waals surface area (Å²) in [5.74, 6) is 2.81. The molecule has 0 unspecified atom stereocenters. The third kappa shape index (κ3) is 4.75. The van der Waals surface area contributed by atoms with Gasteiger partial charge in [-0.05, 0) is 36.4 Å². The van der Waals surface area contributed by atoms with E-state index in [1.54, 1.807) is 36.0 Å². The lowest BCUT2D eigenvalue weighted by atomic mass is 10.3. The Balaban J connectivity index is 1.48. The number of ether oxygens (including phenoxy) is 2. The van der Waals surface area contributed by atoms with Gasteiger partial charge in [-0.1, -0.05) is 30.0 Å². The highest BCUT2D eigenvalue weighted by atomic mass is 32.2. The molecule has 0 aromatic heterocycles. The maximum Gasteiger partial charge on any atom is 0.263 e. The number of benzene rings is 2. The fourth-order valence-corrected chi connectivity index (χ4v) is 2.69. The number of thioether (sulfide) groups is 1. The van der Waals surface area contributed by atoms with Crippen molar-refractivity contribution in [3.8, 4) is 17.2 Å². The van der Waals surface area contributed by atoms with Gasteiger partial charge in [-0.15, -0.1) is 0 Å². The minimum absolute atomic E-state index is 0.0432. The van der Waals surface area contributed by atoms with Crippen molar-refractivity contribution in [1.29, 1.82) is 0 Å². The van der Waals surface area contributed by atoms with Crippen molar-refractivity contribution >= 4 is 22.8 Å². The van der Waals surface area contributed by atoms with Gasteiger partial charge < -0.3 is 14.8 Å². The van der Waals surface area contributed by atoms with Crippen LogP contribution >= 0.6 is 11.8 Å². The van der Waals surface area contributed by atoms with Crippen molar-refractivity contribution < 1.29 is 14.3 Å². The van der Waals surface area contributed by atoms with E-state index in [0.717, 1.165) is 18.0 Å². The number of hydrogen-bond donors (Lipinski definition) is 1. The van der Waals surface area contributed by atoms with E-state index in [1.165, 1.54) is 0 Å². The second-order valence-corrected chi connectivity index (χ2v) is 5.84. The van der Waals surface area contributed by atoms with Crippen molar-refractivity contribution in [3.63, 3.8) is 0 Å². The molecule has 0 fully saturated rings. The summed E-state index contributed by atoms with van der Waals surface area (Å²) in [6.45, 7) is 0.711. The Labute approximate surface area is 138 Å². The van der Waals surface area contributed by atoms with Crippen LogP contribution in [-0.4, -0.2) is 30.0 Å². The molecule has 0 bridgehead atoms. The second kappa shape index (κ2) is 7.69. The molecule has 6 heteroatoms. The van der Waals surface area contributed by atoms with Crippen LogP contribution in [0.5, 0.6) is 17.2 Å². The maximum absolute atomic E-state index is 11.7. The van der Waals surface area contributed by atoms with Gasteiger partial charge in [-0.25, -0.2) is 0 Å². The average molecular weight is 328 g/mol. The number of amidine groups is 1. The molecule has 1 amide bonds. The quantitative estimate of drug-likeness (QED) is 0.916. The Hall–Kier alpha value is -2.47. The number of amides is 1. The van der Waals surface area contributed by atoms with Crippen molar-refractivity contribution in [2.45, 2.75) is 0 Å². The highest BCUT2D eigenvalue weighted by Gasteiger charge is 2.11. The van der Waals surface area contributed by atoms with Gasteiger partial charge in [0.05, 0.1) is 6.54 Å². The van der Waals surface area contributed by atoms with E-state index in [2.05, 4.69) is 10.3 Å². The van der Waals surface area contributed by atoms with Crippen molar-refractivity contribution in [1.82, 2.24) is 5.32 Å². The smallest absolute Gasteiger partial charge is 0.263 e. The third-order valence-corrected chi connectivity index (χ3v) is 3.90. The molecule has 1 aliphatic heterocycles. The minimum atomic E-state index is -0.206. The average Bonchev–Trinajstić information content (AvgIpc) is 3.08. The van der Waals surface area contributed by atoms with E-state index in [0.29, 0.717) is 16.7 Å². The number of aliphatic imine (C=N–C) groups is 1. The summed E-state index contributed by atoms with van der Waals surface area (Å²) in [5, 5.41) is 3.39. The zero-order valence-electron chi connectivity index (χ0n) is 12.4. The number of para-hydroxylation sites is 1. The summed E-state index contributed by atoms with van der Waals surface area (Å²) in [6, 6.07) is 16.7. The molecule has 0 aliphatic carbocycles. The molecule has 2 aromatic carbocycles. The van der Waals surface area contributed by atoms with Crippen LogP contribution in [0.25, 0.3) is 0 Å². The molecule has 0 radical (unpaired) electrons. The van der Waals surface area contributed by atoms with Crippen LogP contribution in [-0.2, 0) is 4.79 Å². The lowest BCUT2D eigenvalue weighted by molar-refractivity contribution is -0.121. The van der Waals surface area contributed by atoms with Crippen molar-refractivity contribution in [2.75, 3.05) is 18.9 Å². The molecule has 3 rings (SSSR count). The van der Waals surface area contributed by atoms with Gasteiger partial charge in [-0.3, -0.25) is 9.79 Å². The largest absolute Gasteiger partial charge is 0.484 e. The van der Waals surface area contributed by atoms with Gasteiger partial charge in [0.2, 0.25) is 0 Å². The highest BCUT2D eigenvalue weighted by molar-refractivity contribution is 8.14. The summed E-state index contributed by atoms with van der Waals surface area (Å²) in [6.07, 6.45) is 0. The first-order chi connectivity index (χ1) is 11.3. The van der Waals surface area contributed by atoms with Crippen molar-refractivity contribution in [3.05, 3.63) is 54.6 Å². The van der Waals surface area contributed by atoms with E-state index < -0.39 is 0 Å². The Morgan fingerprint density at radius 1 is 1.04 bits per heavy atom. The minimum Gasteiger partial charge on any atom is -0.484 e. The van der Waals surface area contributed by atoms with E-state index in [9.17, 15) is 4.79 Å². The van der Waals surface area contributed by atoms with E-state index in [4.69, 9.17) is 9.47 Å². The molecule has 1 aliphatic rings. The van der Waals surface area contributed by atoms with Crippen LogP contribution in [0.15, 0.2) is 59.6 Å². The molecule has 0 saturated heterocycles. The molecule has 0 atom stereocenters. The van der Waals surface area contributed by atoms with Crippen molar-refractivity contribution in [2.24, 2.45) is 4.99 Å².